The van der Waals surface area contributed by atoms with Crippen molar-refractivity contribution in [2.24, 2.45) is 0 Å². The lowest BCUT2D eigenvalue weighted by atomic mass is 10.2. The maximum atomic E-state index is 12.1. The molecule has 1 heterocycles. The predicted octanol–water partition coefficient (Wildman–Crippen LogP) is 4.25. The molecule has 6 heteroatoms. The number of benzene rings is 2. The number of nitrogens with one attached hydrogen (secondary N) is 2. The SMILES string of the molecule is CCOC(=O)c1ccc(Nc2ccc(NC(=O)c3ccccc3)cn2)cc1. The van der Waals surface area contributed by atoms with Gasteiger partial charge in [-0.15, -0.1) is 0 Å². The zero-order valence-electron chi connectivity index (χ0n) is 14.8. The Kier molecular flexibility index (Phi) is 5.79. The topological polar surface area (TPSA) is 80.3 Å². The zero-order valence-corrected chi connectivity index (χ0v) is 14.8. The number of nitrogens with zero attached hydrogens (tertiary/aromatic N) is 1. The first-order valence-electron chi connectivity index (χ1n) is 8.52. The third kappa shape index (κ3) is 4.92. The minimum atomic E-state index is -0.347. The summed E-state index contributed by atoms with van der Waals surface area (Å²) in [6, 6.07) is 19.4. The third-order valence-corrected chi connectivity index (χ3v) is 3.73. The lowest BCUT2D eigenvalue weighted by Crippen LogP contribution is -2.11. The maximum absolute atomic E-state index is 12.1. The molecule has 6 nitrogen and oxygen atoms in total. The van der Waals surface area contributed by atoms with Gasteiger partial charge in [0.25, 0.3) is 5.91 Å². The second kappa shape index (κ2) is 8.62. The molecule has 136 valence electrons. The van der Waals surface area contributed by atoms with Gasteiger partial charge in [0.15, 0.2) is 0 Å². The van der Waals surface area contributed by atoms with Gasteiger partial charge in [-0.2, -0.15) is 0 Å². The minimum absolute atomic E-state index is 0.187. The fourth-order valence-corrected chi connectivity index (χ4v) is 2.39. The number of carbonyl (C=O) groups excluding carboxylic acids is 2. The number of hydrogen-bond donors (Lipinski definition) is 2. The van der Waals surface area contributed by atoms with Crippen molar-refractivity contribution in [2.75, 3.05) is 17.2 Å². The normalized spacial score (nSPS) is 10.1. The predicted molar refractivity (Wildman–Crippen MR) is 104 cm³/mol. The van der Waals surface area contributed by atoms with Crippen molar-refractivity contribution in [3.05, 3.63) is 84.1 Å². The smallest absolute Gasteiger partial charge is 0.338 e. The largest absolute Gasteiger partial charge is 0.462 e. The molecule has 0 radical (unpaired) electrons. The molecule has 2 aromatic carbocycles. The molecule has 27 heavy (non-hydrogen) atoms. The molecule has 0 saturated heterocycles. The average molecular weight is 361 g/mol. The molecule has 0 atom stereocenters. The number of carbonyl (C=O) groups is 2. The highest BCUT2D eigenvalue weighted by atomic mass is 16.5. The van der Waals surface area contributed by atoms with Crippen molar-refractivity contribution in [1.29, 1.82) is 0 Å². The van der Waals surface area contributed by atoms with E-state index < -0.39 is 0 Å². The second-order valence-corrected chi connectivity index (χ2v) is 5.68. The zero-order chi connectivity index (χ0) is 19.1. The first-order chi connectivity index (χ1) is 13.2. The number of hydrogen-bond acceptors (Lipinski definition) is 5. The van der Waals surface area contributed by atoms with Crippen molar-refractivity contribution in [3.8, 4) is 0 Å². The van der Waals surface area contributed by atoms with E-state index in [9.17, 15) is 9.59 Å². The van der Waals surface area contributed by atoms with Crippen LogP contribution in [-0.4, -0.2) is 23.5 Å². The lowest BCUT2D eigenvalue weighted by Gasteiger charge is -2.08. The Labute approximate surface area is 157 Å². The fraction of sp³-hybridized carbons (Fsp3) is 0.0952. The minimum Gasteiger partial charge on any atom is -0.462 e. The van der Waals surface area contributed by atoms with Gasteiger partial charge in [0.1, 0.15) is 5.82 Å². The molecule has 3 aromatic rings. The Hall–Kier alpha value is -3.67. The number of pyridine rings is 1. The van der Waals surface area contributed by atoms with Crippen molar-refractivity contribution in [2.45, 2.75) is 6.92 Å². The van der Waals surface area contributed by atoms with E-state index >= 15 is 0 Å². The molecule has 0 aliphatic heterocycles. The van der Waals surface area contributed by atoms with Crippen LogP contribution in [-0.2, 0) is 4.74 Å². The quantitative estimate of drug-likeness (QED) is 0.642. The first-order valence-corrected chi connectivity index (χ1v) is 8.52. The van der Waals surface area contributed by atoms with Gasteiger partial charge >= 0.3 is 5.97 Å². The average Bonchev–Trinajstić information content (AvgIpc) is 2.71. The van der Waals surface area contributed by atoms with Gasteiger partial charge in [-0.05, 0) is 55.5 Å². The number of esters is 1. The third-order valence-electron chi connectivity index (χ3n) is 3.73. The van der Waals surface area contributed by atoms with Gasteiger partial charge < -0.3 is 15.4 Å². The van der Waals surface area contributed by atoms with Crippen LogP contribution in [0.3, 0.4) is 0 Å². The van der Waals surface area contributed by atoms with Crippen molar-refractivity contribution in [3.63, 3.8) is 0 Å². The molecular formula is C21H19N3O3. The summed E-state index contributed by atoms with van der Waals surface area (Å²) in [6.45, 7) is 2.11. The molecule has 0 saturated carbocycles. The number of rotatable bonds is 6. The highest BCUT2D eigenvalue weighted by Crippen LogP contribution is 2.17. The summed E-state index contributed by atoms with van der Waals surface area (Å²) in [5.41, 5.74) is 2.47. The van der Waals surface area contributed by atoms with Gasteiger partial charge in [0.05, 0.1) is 24.1 Å². The molecule has 1 aromatic heterocycles. The van der Waals surface area contributed by atoms with Crippen LogP contribution < -0.4 is 10.6 Å². The molecule has 0 bridgehead atoms. The van der Waals surface area contributed by atoms with Crippen LogP contribution in [0.5, 0.6) is 0 Å². The number of amides is 1. The number of ether oxygens (including phenoxy) is 1. The standard InChI is InChI=1S/C21H19N3O3/c1-2-27-21(26)16-8-10-17(11-9-16)23-19-13-12-18(14-22-19)24-20(25)15-6-4-3-5-7-15/h3-14H,2H2,1H3,(H,22,23)(H,24,25). The summed E-state index contributed by atoms with van der Waals surface area (Å²) in [7, 11) is 0. The van der Waals surface area contributed by atoms with E-state index in [-0.39, 0.29) is 11.9 Å². The van der Waals surface area contributed by atoms with Crippen molar-refractivity contribution < 1.29 is 14.3 Å². The summed E-state index contributed by atoms with van der Waals surface area (Å²) in [6.07, 6.45) is 1.58. The van der Waals surface area contributed by atoms with Crippen LogP contribution >= 0.6 is 0 Å². The Balaban J connectivity index is 1.60. The van der Waals surface area contributed by atoms with Gasteiger partial charge in [0, 0.05) is 11.3 Å². The fourth-order valence-electron chi connectivity index (χ4n) is 2.39. The summed E-state index contributed by atoms with van der Waals surface area (Å²) in [5.74, 6) is 0.0879. The van der Waals surface area contributed by atoms with Crippen LogP contribution in [0.1, 0.15) is 27.6 Å². The van der Waals surface area contributed by atoms with E-state index in [0.717, 1.165) is 5.69 Å². The van der Waals surface area contributed by atoms with Gasteiger partial charge in [-0.3, -0.25) is 4.79 Å². The van der Waals surface area contributed by atoms with Gasteiger partial charge in [-0.25, -0.2) is 9.78 Å². The summed E-state index contributed by atoms with van der Waals surface area (Å²) in [4.78, 5) is 28.1. The number of anilines is 3. The molecule has 0 fully saturated rings. The number of aromatic nitrogens is 1. The van der Waals surface area contributed by atoms with Gasteiger partial charge in [0.2, 0.25) is 0 Å². The van der Waals surface area contributed by atoms with E-state index in [0.29, 0.717) is 29.2 Å². The Morgan fingerprint density at radius 3 is 2.22 bits per heavy atom. The van der Waals surface area contributed by atoms with Crippen LogP contribution in [0.25, 0.3) is 0 Å². The monoisotopic (exact) mass is 361 g/mol. The van der Waals surface area contributed by atoms with E-state index in [1.807, 2.05) is 18.2 Å². The summed E-state index contributed by atoms with van der Waals surface area (Å²) in [5, 5.41) is 5.94. The lowest BCUT2D eigenvalue weighted by molar-refractivity contribution is 0.0526. The van der Waals surface area contributed by atoms with Crippen LogP contribution in [0.4, 0.5) is 17.2 Å². The summed E-state index contributed by atoms with van der Waals surface area (Å²) < 4.78 is 4.96. The van der Waals surface area contributed by atoms with Crippen molar-refractivity contribution in [1.82, 2.24) is 4.98 Å². The molecule has 3 rings (SSSR count). The van der Waals surface area contributed by atoms with E-state index in [1.54, 1.807) is 61.7 Å². The highest BCUT2D eigenvalue weighted by molar-refractivity contribution is 6.04. The van der Waals surface area contributed by atoms with Gasteiger partial charge in [-0.1, -0.05) is 18.2 Å². The Bertz CT molecular complexity index is 908. The molecule has 1 amide bonds. The van der Waals surface area contributed by atoms with Crippen LogP contribution in [0.15, 0.2) is 72.9 Å². The first kappa shape index (κ1) is 18.1. The maximum Gasteiger partial charge on any atom is 0.338 e. The highest BCUT2D eigenvalue weighted by Gasteiger charge is 2.07. The molecular weight excluding hydrogens is 342 g/mol. The molecule has 0 spiro atoms. The molecule has 0 aliphatic rings. The van der Waals surface area contributed by atoms with E-state index in [2.05, 4.69) is 15.6 Å². The Morgan fingerprint density at radius 2 is 1.59 bits per heavy atom. The molecule has 2 N–H and O–H groups in total. The summed E-state index contributed by atoms with van der Waals surface area (Å²) >= 11 is 0. The van der Waals surface area contributed by atoms with Crippen LogP contribution in [0.2, 0.25) is 0 Å². The van der Waals surface area contributed by atoms with E-state index in [1.165, 1.54) is 0 Å². The molecule has 0 aliphatic carbocycles. The Morgan fingerprint density at radius 1 is 0.889 bits per heavy atom. The van der Waals surface area contributed by atoms with Crippen LogP contribution in [0, 0.1) is 0 Å². The van der Waals surface area contributed by atoms with Crippen molar-refractivity contribution >= 4 is 29.1 Å². The molecule has 0 unspecified atom stereocenters. The second-order valence-electron chi connectivity index (χ2n) is 5.68. The van der Waals surface area contributed by atoms with E-state index in [4.69, 9.17) is 4.74 Å².